The van der Waals surface area contributed by atoms with Crippen molar-refractivity contribution >= 4 is 35.1 Å². The number of aliphatic carboxylic acids is 1. The maximum absolute atomic E-state index is 11.6. The molecule has 0 aliphatic carbocycles. The fourth-order valence-corrected chi connectivity index (χ4v) is 1.39. The smallest absolute Gasteiger partial charge is 0.327 e. The molecule has 0 saturated heterocycles. The second-order valence-electron chi connectivity index (χ2n) is 3.12. The summed E-state index contributed by atoms with van der Waals surface area (Å²) >= 11 is 11.3. The van der Waals surface area contributed by atoms with Crippen LogP contribution in [0.25, 0.3) is 0 Å². The van der Waals surface area contributed by atoms with E-state index in [9.17, 15) is 9.59 Å². The van der Waals surface area contributed by atoms with E-state index >= 15 is 0 Å². The molecule has 1 heterocycles. The van der Waals surface area contributed by atoms with E-state index in [-0.39, 0.29) is 22.3 Å². The minimum Gasteiger partial charge on any atom is -0.480 e. The van der Waals surface area contributed by atoms with Crippen molar-refractivity contribution in [1.82, 2.24) is 10.3 Å². The Morgan fingerprint density at radius 2 is 2.24 bits per heavy atom. The first-order chi connectivity index (χ1) is 7.95. The van der Waals surface area contributed by atoms with Crippen molar-refractivity contribution in [2.75, 3.05) is 0 Å². The summed E-state index contributed by atoms with van der Waals surface area (Å²) in [4.78, 5) is 24.9. The van der Waals surface area contributed by atoms with Gasteiger partial charge in [0.2, 0.25) is 0 Å². The average Bonchev–Trinajstić information content (AvgIpc) is 2.58. The Balaban J connectivity index is 2.77. The summed E-state index contributed by atoms with van der Waals surface area (Å²) in [6.45, 7) is 0. The van der Waals surface area contributed by atoms with Gasteiger partial charge in [-0.1, -0.05) is 23.2 Å². The van der Waals surface area contributed by atoms with Crippen LogP contribution in [0.2, 0.25) is 10.2 Å². The van der Waals surface area contributed by atoms with Gasteiger partial charge in [0, 0.05) is 6.42 Å². The maximum atomic E-state index is 11.6. The van der Waals surface area contributed by atoms with Crippen molar-refractivity contribution in [3.05, 3.63) is 21.9 Å². The SMILES string of the molecule is C#CCC(NC(=O)c1cc(Cl)c(Cl)[nH]1)C(=O)O. The van der Waals surface area contributed by atoms with Crippen LogP contribution in [-0.2, 0) is 4.79 Å². The summed E-state index contributed by atoms with van der Waals surface area (Å²) in [5, 5.41) is 11.3. The van der Waals surface area contributed by atoms with E-state index in [1.54, 1.807) is 0 Å². The Labute approximate surface area is 107 Å². The maximum Gasteiger partial charge on any atom is 0.327 e. The molecule has 1 atom stereocenters. The van der Waals surface area contributed by atoms with Crippen LogP contribution in [-0.4, -0.2) is 28.0 Å². The number of carboxylic acids is 1. The number of amides is 1. The molecule has 0 fully saturated rings. The van der Waals surface area contributed by atoms with E-state index in [1.165, 1.54) is 6.07 Å². The highest BCUT2D eigenvalue weighted by Crippen LogP contribution is 2.21. The first kappa shape index (κ1) is 13.4. The predicted octanol–water partition coefficient (Wildman–Crippen LogP) is 1.53. The monoisotopic (exact) mass is 274 g/mol. The lowest BCUT2D eigenvalue weighted by molar-refractivity contribution is -0.139. The van der Waals surface area contributed by atoms with Gasteiger partial charge in [-0.2, -0.15) is 0 Å². The number of rotatable bonds is 4. The first-order valence-electron chi connectivity index (χ1n) is 4.46. The quantitative estimate of drug-likeness (QED) is 0.729. The van der Waals surface area contributed by atoms with Gasteiger partial charge in [0.05, 0.1) is 5.02 Å². The molecule has 1 unspecified atom stereocenters. The summed E-state index contributed by atoms with van der Waals surface area (Å²) < 4.78 is 0. The van der Waals surface area contributed by atoms with Gasteiger partial charge in [-0.3, -0.25) is 4.79 Å². The van der Waals surface area contributed by atoms with Crippen molar-refractivity contribution in [2.24, 2.45) is 0 Å². The highest BCUT2D eigenvalue weighted by atomic mass is 35.5. The van der Waals surface area contributed by atoms with Crippen LogP contribution in [0.4, 0.5) is 0 Å². The van der Waals surface area contributed by atoms with E-state index in [0.29, 0.717) is 0 Å². The first-order valence-corrected chi connectivity index (χ1v) is 5.22. The molecule has 5 nitrogen and oxygen atoms in total. The van der Waals surface area contributed by atoms with Crippen molar-refractivity contribution in [1.29, 1.82) is 0 Å². The Kier molecular flexibility index (Phi) is 4.44. The zero-order chi connectivity index (χ0) is 13.0. The van der Waals surface area contributed by atoms with Crippen LogP contribution in [0.15, 0.2) is 6.07 Å². The van der Waals surface area contributed by atoms with Crippen LogP contribution in [0.3, 0.4) is 0 Å². The molecule has 0 aliphatic rings. The molecule has 0 bridgehead atoms. The second-order valence-corrected chi connectivity index (χ2v) is 3.90. The van der Waals surface area contributed by atoms with Gasteiger partial charge >= 0.3 is 5.97 Å². The number of aromatic nitrogens is 1. The van der Waals surface area contributed by atoms with Gasteiger partial charge in [-0.15, -0.1) is 12.3 Å². The Morgan fingerprint density at radius 1 is 1.59 bits per heavy atom. The third-order valence-electron chi connectivity index (χ3n) is 1.90. The van der Waals surface area contributed by atoms with E-state index in [0.717, 1.165) is 0 Å². The number of aromatic amines is 1. The highest BCUT2D eigenvalue weighted by molar-refractivity contribution is 6.41. The summed E-state index contributed by atoms with van der Waals surface area (Å²) in [6, 6.07) is 0.155. The minimum atomic E-state index is -1.21. The lowest BCUT2D eigenvalue weighted by Gasteiger charge is -2.10. The second kappa shape index (κ2) is 5.62. The molecule has 7 heteroatoms. The molecule has 1 aromatic heterocycles. The van der Waals surface area contributed by atoms with Crippen LogP contribution in [0.1, 0.15) is 16.9 Å². The summed E-state index contributed by atoms with van der Waals surface area (Å²) in [5.41, 5.74) is 0.0725. The average molecular weight is 275 g/mol. The molecule has 0 aromatic carbocycles. The normalized spacial score (nSPS) is 11.6. The van der Waals surface area contributed by atoms with Crippen LogP contribution in [0.5, 0.6) is 0 Å². The van der Waals surface area contributed by atoms with E-state index in [4.69, 9.17) is 34.7 Å². The lowest BCUT2D eigenvalue weighted by atomic mass is 10.2. The lowest BCUT2D eigenvalue weighted by Crippen LogP contribution is -2.40. The number of carbonyl (C=O) groups is 2. The predicted molar refractivity (Wildman–Crippen MR) is 63.2 cm³/mol. The van der Waals surface area contributed by atoms with Crippen LogP contribution < -0.4 is 5.32 Å². The van der Waals surface area contributed by atoms with Crippen molar-refractivity contribution in [2.45, 2.75) is 12.5 Å². The van der Waals surface area contributed by atoms with E-state index in [1.807, 2.05) is 0 Å². The Morgan fingerprint density at radius 3 is 2.65 bits per heavy atom. The number of carbonyl (C=O) groups excluding carboxylic acids is 1. The van der Waals surface area contributed by atoms with E-state index < -0.39 is 17.9 Å². The number of terminal acetylenes is 1. The highest BCUT2D eigenvalue weighted by Gasteiger charge is 2.21. The standard InChI is InChI=1S/C10H8Cl2N2O3/c1-2-3-6(10(16)17)14-9(15)7-4-5(11)8(12)13-7/h1,4,6,13H,3H2,(H,14,15)(H,16,17). The van der Waals surface area contributed by atoms with Gasteiger partial charge in [-0.25, -0.2) is 4.79 Å². The number of H-pyrrole nitrogens is 1. The molecule has 90 valence electrons. The Hall–Kier alpha value is -1.64. The molecule has 1 amide bonds. The molecule has 3 N–H and O–H groups in total. The van der Waals surface area contributed by atoms with E-state index in [2.05, 4.69) is 16.2 Å². The van der Waals surface area contributed by atoms with Gasteiger partial charge in [0.25, 0.3) is 5.91 Å². The summed E-state index contributed by atoms with van der Waals surface area (Å²) in [7, 11) is 0. The summed E-state index contributed by atoms with van der Waals surface area (Å²) in [5.74, 6) is 0.319. The van der Waals surface area contributed by atoms with Crippen molar-refractivity contribution in [3.8, 4) is 12.3 Å². The number of halogens is 2. The van der Waals surface area contributed by atoms with Crippen LogP contribution >= 0.6 is 23.2 Å². The van der Waals surface area contributed by atoms with Gasteiger partial charge in [0.1, 0.15) is 16.9 Å². The van der Waals surface area contributed by atoms with Crippen molar-refractivity contribution < 1.29 is 14.7 Å². The third kappa shape index (κ3) is 3.41. The molecule has 0 radical (unpaired) electrons. The van der Waals surface area contributed by atoms with Gasteiger partial charge in [-0.05, 0) is 6.07 Å². The Bertz CT molecular complexity index is 471. The van der Waals surface area contributed by atoms with Gasteiger partial charge in [0.15, 0.2) is 0 Å². The fraction of sp³-hybridized carbons (Fsp3) is 0.200. The van der Waals surface area contributed by atoms with Crippen LogP contribution in [0, 0.1) is 12.3 Å². The zero-order valence-electron chi connectivity index (χ0n) is 8.46. The number of hydrogen-bond acceptors (Lipinski definition) is 2. The molecule has 0 saturated carbocycles. The number of hydrogen-bond donors (Lipinski definition) is 3. The fourth-order valence-electron chi connectivity index (χ4n) is 1.08. The molecule has 1 rings (SSSR count). The summed E-state index contributed by atoms with van der Waals surface area (Å²) in [6.07, 6.45) is 4.89. The molecular weight excluding hydrogens is 267 g/mol. The molecule has 0 aliphatic heterocycles. The zero-order valence-corrected chi connectivity index (χ0v) is 9.97. The van der Waals surface area contributed by atoms with Gasteiger partial charge < -0.3 is 15.4 Å². The minimum absolute atomic E-state index is 0.0725. The number of nitrogens with one attached hydrogen (secondary N) is 2. The third-order valence-corrected chi connectivity index (χ3v) is 2.59. The van der Waals surface area contributed by atoms with Crippen molar-refractivity contribution in [3.63, 3.8) is 0 Å². The largest absolute Gasteiger partial charge is 0.480 e. The topological polar surface area (TPSA) is 82.2 Å². The molecule has 0 spiro atoms. The molecule has 1 aromatic rings. The number of carboxylic acid groups (broad SMARTS) is 1. The molecule has 17 heavy (non-hydrogen) atoms. The molecular formula is C10H8Cl2N2O3.